The fourth-order valence-corrected chi connectivity index (χ4v) is 1.53. The zero-order valence-corrected chi connectivity index (χ0v) is 10.8. The van der Waals surface area contributed by atoms with Crippen molar-refractivity contribution in [2.75, 3.05) is 7.11 Å². The van der Waals surface area contributed by atoms with Crippen molar-refractivity contribution in [3.63, 3.8) is 0 Å². The van der Waals surface area contributed by atoms with Crippen LogP contribution in [0.1, 0.15) is 11.1 Å². The van der Waals surface area contributed by atoms with Crippen LogP contribution in [0.25, 0.3) is 6.08 Å². The van der Waals surface area contributed by atoms with Crippen LogP contribution in [0.3, 0.4) is 0 Å². The number of rotatable bonds is 6. The van der Waals surface area contributed by atoms with E-state index in [0.29, 0.717) is 23.7 Å². The van der Waals surface area contributed by atoms with Crippen LogP contribution in [0.2, 0.25) is 0 Å². The molecule has 0 atom stereocenters. The van der Waals surface area contributed by atoms with Crippen LogP contribution in [0.15, 0.2) is 41.3 Å². The first-order valence-electron chi connectivity index (χ1n) is 5.79. The fourth-order valence-electron chi connectivity index (χ4n) is 1.53. The van der Waals surface area contributed by atoms with Crippen LogP contribution in [-0.4, -0.2) is 23.3 Å². The Bertz CT molecular complexity index is 604. The standard InChI is InChI=1S/C14H13NO5/c1-18-13-6-10(3-5-14(16)17)2-4-12(13)19-8-11-7-15-20-9-11/h2-7,9H,8H2,1H3,(H,16,17)/b5-3+. The topological polar surface area (TPSA) is 81.8 Å². The number of carbonyl (C=O) groups is 1. The molecule has 0 aliphatic heterocycles. The van der Waals surface area contributed by atoms with Gasteiger partial charge in [-0.2, -0.15) is 0 Å². The molecule has 1 heterocycles. The first-order valence-corrected chi connectivity index (χ1v) is 5.79. The van der Waals surface area contributed by atoms with Crippen LogP contribution in [0.4, 0.5) is 0 Å². The van der Waals surface area contributed by atoms with Gasteiger partial charge in [0.1, 0.15) is 12.9 Å². The average molecular weight is 275 g/mol. The second-order valence-electron chi connectivity index (χ2n) is 3.90. The molecule has 0 saturated heterocycles. The van der Waals surface area contributed by atoms with E-state index in [9.17, 15) is 4.79 Å². The van der Waals surface area contributed by atoms with Crippen molar-refractivity contribution in [1.82, 2.24) is 5.16 Å². The Labute approximate surface area is 115 Å². The van der Waals surface area contributed by atoms with Crippen molar-refractivity contribution < 1.29 is 23.9 Å². The molecule has 0 fully saturated rings. The van der Waals surface area contributed by atoms with Crippen LogP contribution in [0.5, 0.6) is 11.5 Å². The molecule has 0 amide bonds. The smallest absolute Gasteiger partial charge is 0.328 e. The van der Waals surface area contributed by atoms with Crippen molar-refractivity contribution in [2.45, 2.75) is 6.61 Å². The summed E-state index contributed by atoms with van der Waals surface area (Å²) in [5.41, 5.74) is 1.52. The van der Waals surface area contributed by atoms with Crippen LogP contribution >= 0.6 is 0 Å². The van der Waals surface area contributed by atoms with E-state index in [-0.39, 0.29) is 0 Å². The Kier molecular flexibility index (Phi) is 4.39. The van der Waals surface area contributed by atoms with E-state index in [0.717, 1.165) is 11.6 Å². The van der Waals surface area contributed by atoms with Crippen molar-refractivity contribution in [2.24, 2.45) is 0 Å². The summed E-state index contributed by atoms with van der Waals surface area (Å²) in [5, 5.41) is 12.2. The van der Waals surface area contributed by atoms with Gasteiger partial charge in [-0.15, -0.1) is 0 Å². The van der Waals surface area contributed by atoms with Crippen molar-refractivity contribution in [3.05, 3.63) is 47.9 Å². The number of hydrogen-bond donors (Lipinski definition) is 1. The van der Waals surface area contributed by atoms with E-state index >= 15 is 0 Å². The quantitative estimate of drug-likeness (QED) is 0.815. The summed E-state index contributed by atoms with van der Waals surface area (Å²) in [4.78, 5) is 10.5. The highest BCUT2D eigenvalue weighted by Gasteiger charge is 2.06. The molecule has 0 aliphatic carbocycles. The first kappa shape index (κ1) is 13.7. The third kappa shape index (κ3) is 3.61. The van der Waals surface area contributed by atoms with Gasteiger partial charge in [0.2, 0.25) is 0 Å². The molecule has 6 heteroatoms. The van der Waals surface area contributed by atoms with Gasteiger partial charge in [-0.25, -0.2) is 4.79 Å². The lowest BCUT2D eigenvalue weighted by molar-refractivity contribution is -0.131. The predicted molar refractivity (Wildman–Crippen MR) is 70.5 cm³/mol. The van der Waals surface area contributed by atoms with Gasteiger partial charge < -0.3 is 19.1 Å². The van der Waals surface area contributed by atoms with Crippen molar-refractivity contribution in [3.8, 4) is 11.5 Å². The number of aromatic nitrogens is 1. The number of carboxylic acid groups (broad SMARTS) is 1. The van der Waals surface area contributed by atoms with Gasteiger partial charge in [-0.1, -0.05) is 11.2 Å². The van der Waals surface area contributed by atoms with E-state index in [2.05, 4.69) is 5.16 Å². The van der Waals surface area contributed by atoms with E-state index < -0.39 is 5.97 Å². The van der Waals surface area contributed by atoms with Crippen LogP contribution in [0, 0.1) is 0 Å². The highest BCUT2D eigenvalue weighted by molar-refractivity contribution is 5.85. The van der Waals surface area contributed by atoms with Gasteiger partial charge in [-0.3, -0.25) is 0 Å². The number of benzene rings is 1. The Morgan fingerprint density at radius 2 is 2.30 bits per heavy atom. The lowest BCUT2D eigenvalue weighted by Gasteiger charge is -2.10. The van der Waals surface area contributed by atoms with Gasteiger partial charge in [-0.05, 0) is 23.8 Å². The van der Waals surface area contributed by atoms with Crippen LogP contribution in [-0.2, 0) is 11.4 Å². The summed E-state index contributed by atoms with van der Waals surface area (Å²) < 4.78 is 15.5. The molecule has 1 aromatic heterocycles. The molecule has 104 valence electrons. The third-order valence-corrected chi connectivity index (χ3v) is 2.48. The number of ether oxygens (including phenoxy) is 2. The monoisotopic (exact) mass is 275 g/mol. The minimum atomic E-state index is -1.00. The van der Waals surface area contributed by atoms with Gasteiger partial charge in [0, 0.05) is 11.6 Å². The molecule has 0 radical (unpaired) electrons. The molecule has 0 saturated carbocycles. The summed E-state index contributed by atoms with van der Waals surface area (Å²) in [6.45, 7) is 0.310. The van der Waals surface area contributed by atoms with Gasteiger partial charge in [0.05, 0.1) is 13.3 Å². The van der Waals surface area contributed by atoms with E-state index in [1.54, 1.807) is 24.4 Å². The number of nitrogens with zero attached hydrogens (tertiary/aromatic N) is 1. The summed E-state index contributed by atoms with van der Waals surface area (Å²) >= 11 is 0. The second kappa shape index (κ2) is 6.42. The number of methoxy groups -OCH3 is 1. The molecule has 0 bridgehead atoms. The summed E-state index contributed by atoms with van der Waals surface area (Å²) in [7, 11) is 1.52. The molecule has 0 aliphatic rings. The SMILES string of the molecule is COc1cc(/C=C/C(=O)O)ccc1OCc1cnoc1. The molecular weight excluding hydrogens is 262 g/mol. The zero-order chi connectivity index (χ0) is 14.4. The Hall–Kier alpha value is -2.76. The third-order valence-electron chi connectivity index (χ3n) is 2.48. The van der Waals surface area contributed by atoms with Gasteiger partial charge >= 0.3 is 5.97 Å². The average Bonchev–Trinajstić information content (AvgIpc) is 2.96. The molecule has 2 rings (SSSR count). The second-order valence-corrected chi connectivity index (χ2v) is 3.90. The number of hydrogen-bond acceptors (Lipinski definition) is 5. The molecule has 0 spiro atoms. The van der Waals surface area contributed by atoms with Crippen molar-refractivity contribution in [1.29, 1.82) is 0 Å². The summed E-state index contributed by atoms with van der Waals surface area (Å²) in [6.07, 6.45) is 5.61. The lowest BCUT2D eigenvalue weighted by Crippen LogP contribution is -1.97. The molecular formula is C14H13NO5. The highest BCUT2D eigenvalue weighted by Crippen LogP contribution is 2.29. The lowest BCUT2D eigenvalue weighted by atomic mass is 10.2. The highest BCUT2D eigenvalue weighted by atomic mass is 16.5. The molecule has 2 aromatic rings. The molecule has 20 heavy (non-hydrogen) atoms. The first-order chi connectivity index (χ1) is 9.69. The Morgan fingerprint density at radius 3 is 2.95 bits per heavy atom. The molecule has 0 unspecified atom stereocenters. The maximum Gasteiger partial charge on any atom is 0.328 e. The summed E-state index contributed by atoms with van der Waals surface area (Å²) in [6, 6.07) is 5.15. The van der Waals surface area contributed by atoms with E-state index in [4.69, 9.17) is 19.1 Å². The van der Waals surface area contributed by atoms with Crippen LogP contribution < -0.4 is 9.47 Å². The van der Waals surface area contributed by atoms with Crippen molar-refractivity contribution >= 4 is 12.0 Å². The fraction of sp³-hybridized carbons (Fsp3) is 0.143. The minimum Gasteiger partial charge on any atom is -0.493 e. The van der Waals surface area contributed by atoms with E-state index in [1.165, 1.54) is 19.4 Å². The maximum absolute atomic E-state index is 10.5. The number of carboxylic acids is 1. The maximum atomic E-state index is 10.5. The normalized spacial score (nSPS) is 10.7. The summed E-state index contributed by atoms with van der Waals surface area (Å²) in [5.74, 6) is 0.0759. The Balaban J connectivity index is 2.11. The minimum absolute atomic E-state index is 0.310. The largest absolute Gasteiger partial charge is 0.493 e. The zero-order valence-electron chi connectivity index (χ0n) is 10.8. The molecule has 1 N–H and O–H groups in total. The number of aliphatic carboxylic acids is 1. The molecule has 6 nitrogen and oxygen atoms in total. The van der Waals surface area contributed by atoms with E-state index in [1.807, 2.05) is 0 Å². The van der Waals surface area contributed by atoms with Gasteiger partial charge in [0.15, 0.2) is 11.5 Å². The van der Waals surface area contributed by atoms with Gasteiger partial charge in [0.25, 0.3) is 0 Å². The Morgan fingerprint density at radius 1 is 1.45 bits per heavy atom. The molecule has 1 aromatic carbocycles. The predicted octanol–water partition coefficient (Wildman–Crippen LogP) is 2.36.